The summed E-state index contributed by atoms with van der Waals surface area (Å²) >= 11 is 0. The molecule has 2 saturated carbocycles. The van der Waals surface area contributed by atoms with E-state index in [4.69, 9.17) is 4.74 Å². The van der Waals surface area contributed by atoms with Gasteiger partial charge in [-0.1, -0.05) is 77.0 Å². The van der Waals surface area contributed by atoms with Crippen molar-refractivity contribution >= 4 is 5.97 Å². The molecule has 2 fully saturated rings. The van der Waals surface area contributed by atoms with E-state index in [0.717, 1.165) is 25.7 Å². The second kappa shape index (κ2) is 11.9. The lowest BCUT2D eigenvalue weighted by molar-refractivity contribution is -0.155. The van der Waals surface area contributed by atoms with Crippen molar-refractivity contribution in [1.82, 2.24) is 0 Å². The van der Waals surface area contributed by atoms with E-state index < -0.39 is 0 Å². The molecule has 0 N–H and O–H groups in total. The smallest absolute Gasteiger partial charge is 0.309 e. The van der Waals surface area contributed by atoms with Crippen LogP contribution in [0.2, 0.25) is 0 Å². The number of ether oxygens (including phenoxy) is 1. The van der Waals surface area contributed by atoms with Gasteiger partial charge in [0.2, 0.25) is 0 Å². The molecule has 2 rings (SSSR count). The Hall–Kier alpha value is -0.530. The second-order valence-corrected chi connectivity index (χ2v) is 7.86. The van der Waals surface area contributed by atoms with Crippen molar-refractivity contribution in [3.8, 4) is 0 Å². The zero-order valence-electron chi connectivity index (χ0n) is 15.2. The fraction of sp³-hybridized carbons (Fsp3) is 0.952. The van der Waals surface area contributed by atoms with Crippen LogP contribution in [-0.4, -0.2) is 12.1 Å². The average Bonchev–Trinajstić information content (AvgIpc) is 2.58. The van der Waals surface area contributed by atoms with Crippen molar-refractivity contribution in [3.63, 3.8) is 0 Å². The van der Waals surface area contributed by atoms with E-state index in [2.05, 4.69) is 0 Å². The minimum Gasteiger partial charge on any atom is -0.462 e. The van der Waals surface area contributed by atoms with Crippen molar-refractivity contribution in [1.29, 1.82) is 0 Å². The zero-order chi connectivity index (χ0) is 16.2. The molecule has 134 valence electrons. The highest BCUT2D eigenvalue weighted by Crippen LogP contribution is 2.25. The monoisotopic (exact) mass is 322 g/mol. The molecule has 0 spiro atoms. The first-order chi connectivity index (χ1) is 11.4. The van der Waals surface area contributed by atoms with Crippen LogP contribution < -0.4 is 0 Å². The lowest BCUT2D eigenvalue weighted by Gasteiger charge is -2.23. The highest BCUT2D eigenvalue weighted by molar-refractivity contribution is 5.72. The number of carbonyl (C=O) groups is 1. The van der Waals surface area contributed by atoms with Gasteiger partial charge in [-0.15, -0.1) is 0 Å². The Morgan fingerprint density at radius 3 is 1.30 bits per heavy atom. The first-order valence-corrected chi connectivity index (χ1v) is 10.6. The fourth-order valence-electron chi connectivity index (χ4n) is 4.20. The maximum atomic E-state index is 12.7. The summed E-state index contributed by atoms with van der Waals surface area (Å²) < 4.78 is 5.99. The predicted octanol–water partition coefficient (Wildman–Crippen LogP) is 6.56. The fourth-order valence-corrected chi connectivity index (χ4v) is 4.20. The summed E-state index contributed by atoms with van der Waals surface area (Å²) in [5.74, 6) is 0.316. The van der Waals surface area contributed by atoms with Gasteiger partial charge in [0.15, 0.2) is 0 Å². The third kappa shape index (κ3) is 8.22. The largest absolute Gasteiger partial charge is 0.462 e. The highest BCUT2D eigenvalue weighted by Gasteiger charge is 2.23. The van der Waals surface area contributed by atoms with Crippen LogP contribution in [0.1, 0.15) is 116 Å². The van der Waals surface area contributed by atoms with Gasteiger partial charge in [0, 0.05) is 0 Å². The number of hydrogen-bond acceptors (Lipinski definition) is 2. The minimum absolute atomic E-state index is 0.132. The first-order valence-electron chi connectivity index (χ1n) is 10.6. The molecule has 0 aliphatic heterocycles. The third-order valence-corrected chi connectivity index (χ3v) is 5.77. The van der Waals surface area contributed by atoms with E-state index in [0.29, 0.717) is 0 Å². The summed E-state index contributed by atoms with van der Waals surface area (Å²) in [6.07, 6.45) is 22.9. The maximum absolute atomic E-state index is 12.7. The molecular weight excluding hydrogens is 284 g/mol. The van der Waals surface area contributed by atoms with Crippen LogP contribution in [0.3, 0.4) is 0 Å². The van der Waals surface area contributed by atoms with Crippen molar-refractivity contribution in [2.24, 2.45) is 5.92 Å². The molecule has 0 atom stereocenters. The topological polar surface area (TPSA) is 26.3 Å². The van der Waals surface area contributed by atoms with Gasteiger partial charge in [-0.3, -0.25) is 4.79 Å². The van der Waals surface area contributed by atoms with E-state index in [-0.39, 0.29) is 18.0 Å². The summed E-state index contributed by atoms with van der Waals surface area (Å²) in [7, 11) is 0. The van der Waals surface area contributed by atoms with Gasteiger partial charge in [0.25, 0.3) is 0 Å². The van der Waals surface area contributed by atoms with Crippen molar-refractivity contribution in [2.45, 2.75) is 122 Å². The first kappa shape index (κ1) is 18.8. The Labute approximate surface area is 143 Å². The van der Waals surface area contributed by atoms with Gasteiger partial charge in [-0.25, -0.2) is 0 Å². The van der Waals surface area contributed by atoms with Crippen LogP contribution in [0, 0.1) is 5.92 Å². The summed E-state index contributed by atoms with van der Waals surface area (Å²) in [6, 6.07) is 0. The average molecular weight is 323 g/mol. The Balaban J connectivity index is 1.78. The Morgan fingerprint density at radius 2 is 0.870 bits per heavy atom. The summed E-state index contributed by atoms with van der Waals surface area (Å²) in [5, 5.41) is 0. The van der Waals surface area contributed by atoms with Crippen molar-refractivity contribution in [3.05, 3.63) is 0 Å². The van der Waals surface area contributed by atoms with Gasteiger partial charge in [0.05, 0.1) is 5.92 Å². The van der Waals surface area contributed by atoms with E-state index in [1.54, 1.807) is 0 Å². The van der Waals surface area contributed by atoms with Crippen LogP contribution in [0.25, 0.3) is 0 Å². The Bertz CT molecular complexity index is 293. The molecule has 23 heavy (non-hydrogen) atoms. The maximum Gasteiger partial charge on any atom is 0.309 e. The van der Waals surface area contributed by atoms with Gasteiger partial charge >= 0.3 is 5.97 Å². The molecule has 2 nitrogen and oxygen atoms in total. The molecule has 0 aromatic heterocycles. The molecule has 0 radical (unpaired) electrons. The van der Waals surface area contributed by atoms with Crippen LogP contribution in [0.4, 0.5) is 0 Å². The molecule has 2 heteroatoms. The third-order valence-electron chi connectivity index (χ3n) is 5.77. The Morgan fingerprint density at radius 1 is 0.522 bits per heavy atom. The second-order valence-electron chi connectivity index (χ2n) is 7.86. The number of hydrogen-bond donors (Lipinski definition) is 0. The highest BCUT2D eigenvalue weighted by atomic mass is 16.5. The van der Waals surface area contributed by atoms with Crippen LogP contribution in [0.5, 0.6) is 0 Å². The predicted molar refractivity (Wildman–Crippen MR) is 96.5 cm³/mol. The molecule has 0 amide bonds. The zero-order valence-corrected chi connectivity index (χ0v) is 15.2. The number of esters is 1. The molecule has 2 aliphatic rings. The molecule has 0 bridgehead atoms. The lowest BCUT2D eigenvalue weighted by Crippen LogP contribution is -2.25. The van der Waals surface area contributed by atoms with E-state index >= 15 is 0 Å². The van der Waals surface area contributed by atoms with Crippen LogP contribution >= 0.6 is 0 Å². The Kier molecular flexibility index (Phi) is 9.75. The molecule has 0 saturated heterocycles. The SMILES string of the molecule is O=C(OC1CCCCCCCCC1)C1CCCCCCCCC1. The number of carbonyl (C=O) groups excluding carboxylic acids is 1. The quantitative estimate of drug-likeness (QED) is 0.538. The van der Waals surface area contributed by atoms with Crippen LogP contribution in [0.15, 0.2) is 0 Å². The summed E-state index contributed by atoms with van der Waals surface area (Å²) in [6.45, 7) is 0. The number of rotatable bonds is 2. The molecule has 0 heterocycles. The molecular formula is C21H38O2. The molecule has 0 aromatic carbocycles. The van der Waals surface area contributed by atoms with Gasteiger partial charge in [-0.05, 0) is 38.5 Å². The van der Waals surface area contributed by atoms with Crippen molar-refractivity contribution < 1.29 is 9.53 Å². The van der Waals surface area contributed by atoms with Crippen LogP contribution in [-0.2, 0) is 9.53 Å². The normalized spacial score (nSPS) is 24.7. The molecule has 0 aromatic rings. The minimum atomic E-state index is 0.132. The summed E-state index contributed by atoms with van der Waals surface area (Å²) in [4.78, 5) is 12.7. The molecule has 2 aliphatic carbocycles. The summed E-state index contributed by atoms with van der Waals surface area (Å²) in [5.41, 5.74) is 0. The van der Waals surface area contributed by atoms with Gasteiger partial charge in [0.1, 0.15) is 6.10 Å². The van der Waals surface area contributed by atoms with E-state index in [9.17, 15) is 4.79 Å². The van der Waals surface area contributed by atoms with Gasteiger partial charge in [-0.2, -0.15) is 0 Å². The van der Waals surface area contributed by atoms with E-state index in [1.165, 1.54) is 89.9 Å². The van der Waals surface area contributed by atoms with Crippen molar-refractivity contribution in [2.75, 3.05) is 0 Å². The van der Waals surface area contributed by atoms with E-state index in [1.807, 2.05) is 0 Å². The van der Waals surface area contributed by atoms with Gasteiger partial charge < -0.3 is 4.74 Å². The standard InChI is InChI=1S/C21H38O2/c22-21(19-15-11-7-3-1-4-8-12-16-19)23-20-17-13-9-5-2-6-10-14-18-20/h19-20H,1-18H2. The lowest BCUT2D eigenvalue weighted by atomic mass is 9.92. The molecule has 0 unspecified atom stereocenters.